The van der Waals surface area contributed by atoms with Gasteiger partial charge < -0.3 is 0 Å². The number of benzene rings is 1. The summed E-state index contributed by atoms with van der Waals surface area (Å²) in [5.41, 5.74) is 3.26. The van der Waals surface area contributed by atoms with Crippen LogP contribution in [0.4, 0.5) is 4.39 Å². The lowest BCUT2D eigenvalue weighted by atomic mass is 9.91. The summed E-state index contributed by atoms with van der Waals surface area (Å²) in [7, 11) is 0. The molecule has 0 spiro atoms. The Morgan fingerprint density at radius 1 is 1.50 bits per heavy atom. The first-order valence-corrected chi connectivity index (χ1v) is 5.89. The molecule has 0 fully saturated rings. The van der Waals surface area contributed by atoms with Crippen molar-refractivity contribution in [1.29, 1.82) is 0 Å². The Balaban J connectivity index is 2.94. The summed E-state index contributed by atoms with van der Waals surface area (Å²) in [6, 6.07) is 4.52. The van der Waals surface area contributed by atoms with E-state index in [4.69, 9.17) is 17.4 Å². The number of hydrazine groups is 1. The zero-order chi connectivity index (χ0) is 12.1. The summed E-state index contributed by atoms with van der Waals surface area (Å²) in [5, 5.41) is 0.403. The summed E-state index contributed by atoms with van der Waals surface area (Å²) in [4.78, 5) is 0. The monoisotopic (exact) mass is 244 g/mol. The number of nitrogens with one attached hydrogen (secondary N) is 1. The quantitative estimate of drug-likeness (QED) is 0.615. The summed E-state index contributed by atoms with van der Waals surface area (Å²) >= 11 is 5.71. The highest BCUT2D eigenvalue weighted by atomic mass is 35.5. The van der Waals surface area contributed by atoms with Crippen LogP contribution in [0.5, 0.6) is 0 Å². The van der Waals surface area contributed by atoms with Crippen LogP contribution in [0, 0.1) is 11.7 Å². The van der Waals surface area contributed by atoms with Gasteiger partial charge in [-0.15, -0.1) is 0 Å². The van der Waals surface area contributed by atoms with Crippen molar-refractivity contribution in [3.8, 4) is 0 Å². The van der Waals surface area contributed by atoms with Crippen molar-refractivity contribution in [3.63, 3.8) is 0 Å². The fraction of sp³-hybridized carbons (Fsp3) is 0.500. The Kier molecular flexibility index (Phi) is 5.19. The van der Waals surface area contributed by atoms with Gasteiger partial charge in [0.1, 0.15) is 5.82 Å². The van der Waals surface area contributed by atoms with E-state index in [1.54, 1.807) is 12.1 Å². The van der Waals surface area contributed by atoms with Crippen LogP contribution in [-0.2, 0) is 0 Å². The van der Waals surface area contributed by atoms with E-state index in [1.807, 2.05) is 0 Å². The molecule has 1 aromatic rings. The van der Waals surface area contributed by atoms with Gasteiger partial charge in [-0.3, -0.25) is 11.3 Å². The van der Waals surface area contributed by atoms with Crippen molar-refractivity contribution in [3.05, 3.63) is 34.6 Å². The zero-order valence-corrected chi connectivity index (χ0v) is 10.4. The van der Waals surface area contributed by atoms with Gasteiger partial charge in [-0.2, -0.15) is 0 Å². The summed E-state index contributed by atoms with van der Waals surface area (Å²) in [6.45, 7) is 4.16. The molecule has 2 nitrogen and oxygen atoms in total. The molecule has 0 aromatic heterocycles. The van der Waals surface area contributed by atoms with E-state index < -0.39 is 0 Å². The first-order valence-electron chi connectivity index (χ1n) is 5.51. The van der Waals surface area contributed by atoms with E-state index in [-0.39, 0.29) is 17.8 Å². The van der Waals surface area contributed by atoms with Gasteiger partial charge in [-0.05, 0) is 24.5 Å². The molecular formula is C12H18ClFN2. The second-order valence-corrected chi connectivity index (χ2v) is 4.51. The van der Waals surface area contributed by atoms with Crippen molar-refractivity contribution in [2.24, 2.45) is 11.8 Å². The van der Waals surface area contributed by atoms with Crippen molar-refractivity contribution >= 4 is 11.6 Å². The van der Waals surface area contributed by atoms with E-state index in [2.05, 4.69) is 19.3 Å². The smallest absolute Gasteiger partial charge is 0.129 e. The van der Waals surface area contributed by atoms with Crippen LogP contribution in [-0.4, -0.2) is 0 Å². The fourth-order valence-corrected chi connectivity index (χ4v) is 2.10. The van der Waals surface area contributed by atoms with Gasteiger partial charge in [0.05, 0.1) is 6.04 Å². The molecule has 2 atom stereocenters. The second kappa shape index (κ2) is 6.18. The van der Waals surface area contributed by atoms with Crippen molar-refractivity contribution in [2.45, 2.75) is 32.7 Å². The van der Waals surface area contributed by atoms with Crippen LogP contribution in [0.2, 0.25) is 5.02 Å². The second-order valence-electron chi connectivity index (χ2n) is 4.08. The van der Waals surface area contributed by atoms with Gasteiger partial charge in [0.25, 0.3) is 0 Å². The molecule has 3 N–H and O–H groups in total. The molecule has 0 bridgehead atoms. The molecule has 2 unspecified atom stereocenters. The molecule has 0 aliphatic rings. The number of nitrogens with two attached hydrogens (primary N) is 1. The molecule has 1 rings (SSSR count). The minimum Gasteiger partial charge on any atom is -0.271 e. The third-order valence-corrected chi connectivity index (χ3v) is 3.03. The highest BCUT2D eigenvalue weighted by molar-refractivity contribution is 6.30. The molecule has 0 aliphatic heterocycles. The van der Waals surface area contributed by atoms with Gasteiger partial charge in [-0.1, -0.05) is 37.9 Å². The molecular weight excluding hydrogens is 227 g/mol. The predicted octanol–water partition coefficient (Wildman–Crippen LogP) is 3.42. The summed E-state index contributed by atoms with van der Waals surface area (Å²) in [6.07, 6.45) is 2.05. The van der Waals surface area contributed by atoms with E-state index in [9.17, 15) is 4.39 Å². The lowest BCUT2D eigenvalue weighted by Crippen LogP contribution is -2.33. The van der Waals surface area contributed by atoms with Crippen LogP contribution in [0.15, 0.2) is 18.2 Å². The Morgan fingerprint density at radius 3 is 2.69 bits per heavy atom. The molecule has 0 amide bonds. The van der Waals surface area contributed by atoms with Gasteiger partial charge in [0.15, 0.2) is 0 Å². The number of hydrogen-bond donors (Lipinski definition) is 2. The highest BCUT2D eigenvalue weighted by Crippen LogP contribution is 2.28. The van der Waals surface area contributed by atoms with Crippen LogP contribution < -0.4 is 11.3 Å². The Bertz CT molecular complexity index is 344. The van der Waals surface area contributed by atoms with Gasteiger partial charge >= 0.3 is 0 Å². The van der Waals surface area contributed by atoms with Crippen molar-refractivity contribution in [2.75, 3.05) is 0 Å². The molecule has 0 saturated heterocycles. The Morgan fingerprint density at radius 2 is 2.19 bits per heavy atom. The minimum atomic E-state index is -0.307. The molecule has 4 heteroatoms. The Labute approximate surface area is 101 Å². The molecule has 0 radical (unpaired) electrons. The average molecular weight is 245 g/mol. The maximum absolute atomic E-state index is 13.7. The van der Waals surface area contributed by atoms with Crippen LogP contribution >= 0.6 is 11.6 Å². The maximum Gasteiger partial charge on any atom is 0.129 e. The van der Waals surface area contributed by atoms with E-state index in [0.29, 0.717) is 10.6 Å². The molecule has 90 valence electrons. The maximum atomic E-state index is 13.7. The van der Waals surface area contributed by atoms with Crippen LogP contribution in [0.25, 0.3) is 0 Å². The van der Waals surface area contributed by atoms with Crippen molar-refractivity contribution in [1.82, 2.24) is 5.43 Å². The van der Waals surface area contributed by atoms with E-state index >= 15 is 0 Å². The van der Waals surface area contributed by atoms with E-state index in [0.717, 1.165) is 12.8 Å². The summed E-state index contributed by atoms with van der Waals surface area (Å²) < 4.78 is 13.7. The molecule has 16 heavy (non-hydrogen) atoms. The van der Waals surface area contributed by atoms with Gasteiger partial charge in [0, 0.05) is 10.6 Å². The van der Waals surface area contributed by atoms with Crippen molar-refractivity contribution < 1.29 is 4.39 Å². The highest BCUT2D eigenvalue weighted by Gasteiger charge is 2.20. The number of hydrogen-bond acceptors (Lipinski definition) is 2. The lowest BCUT2D eigenvalue weighted by molar-refractivity contribution is 0.358. The SMILES string of the molecule is CCCC(C)C(NN)c1ccc(Cl)cc1F. The average Bonchev–Trinajstić information content (AvgIpc) is 2.22. The minimum absolute atomic E-state index is 0.169. The normalized spacial score (nSPS) is 14.8. The summed E-state index contributed by atoms with van der Waals surface area (Å²) in [5.74, 6) is 5.47. The van der Waals surface area contributed by atoms with E-state index in [1.165, 1.54) is 6.07 Å². The largest absolute Gasteiger partial charge is 0.271 e. The number of halogens is 2. The topological polar surface area (TPSA) is 38.0 Å². The first kappa shape index (κ1) is 13.4. The fourth-order valence-electron chi connectivity index (χ4n) is 1.94. The van der Waals surface area contributed by atoms with Gasteiger partial charge in [0.2, 0.25) is 0 Å². The third kappa shape index (κ3) is 3.17. The number of rotatable bonds is 5. The standard InChI is InChI=1S/C12H18ClFN2/c1-3-4-8(2)12(16-15)10-6-5-9(13)7-11(10)14/h5-8,12,16H,3-4,15H2,1-2H3. The third-order valence-electron chi connectivity index (χ3n) is 2.79. The molecule has 0 aliphatic carbocycles. The molecule has 0 heterocycles. The predicted molar refractivity (Wildman–Crippen MR) is 65.5 cm³/mol. The Hall–Kier alpha value is -0.640. The van der Waals surface area contributed by atoms with Crippen LogP contribution in [0.1, 0.15) is 38.3 Å². The first-order chi connectivity index (χ1) is 7.60. The van der Waals surface area contributed by atoms with Crippen LogP contribution in [0.3, 0.4) is 0 Å². The lowest BCUT2D eigenvalue weighted by Gasteiger charge is -2.23. The molecule has 0 saturated carbocycles. The molecule has 1 aromatic carbocycles. The van der Waals surface area contributed by atoms with Gasteiger partial charge in [-0.25, -0.2) is 4.39 Å². The zero-order valence-electron chi connectivity index (χ0n) is 9.63.